The van der Waals surface area contributed by atoms with Crippen molar-refractivity contribution in [2.75, 3.05) is 5.32 Å². The van der Waals surface area contributed by atoms with Crippen LogP contribution in [-0.2, 0) is 6.18 Å². The summed E-state index contributed by atoms with van der Waals surface area (Å²) in [4.78, 5) is 8.62. The SMILES string of the molecule is Cc1nc(Nc2ccc(Oc3ccc(C(F)(F)F)cc3)cc2)c2ccc(F)cc2n1. The number of nitrogens with one attached hydrogen (secondary N) is 1. The molecule has 4 aromatic rings. The number of ether oxygens (including phenoxy) is 1. The molecule has 0 amide bonds. The molecular formula is C22H15F4N3O. The van der Waals surface area contributed by atoms with Gasteiger partial charge in [-0.15, -0.1) is 0 Å². The highest BCUT2D eigenvalue weighted by molar-refractivity contribution is 5.90. The van der Waals surface area contributed by atoms with Gasteiger partial charge in [0, 0.05) is 17.1 Å². The van der Waals surface area contributed by atoms with E-state index in [4.69, 9.17) is 4.74 Å². The zero-order valence-electron chi connectivity index (χ0n) is 15.7. The number of rotatable bonds is 4. The normalized spacial score (nSPS) is 11.5. The van der Waals surface area contributed by atoms with Crippen LogP contribution in [0.2, 0.25) is 0 Å². The number of aryl methyl sites for hydroxylation is 1. The summed E-state index contributed by atoms with van der Waals surface area (Å²) in [6.07, 6.45) is -4.39. The van der Waals surface area contributed by atoms with Crippen molar-refractivity contribution in [1.29, 1.82) is 0 Å². The topological polar surface area (TPSA) is 47.0 Å². The second kappa shape index (κ2) is 7.62. The van der Waals surface area contributed by atoms with Crippen LogP contribution in [0.5, 0.6) is 11.5 Å². The van der Waals surface area contributed by atoms with Crippen LogP contribution in [-0.4, -0.2) is 9.97 Å². The Hall–Kier alpha value is -3.68. The van der Waals surface area contributed by atoms with Crippen LogP contribution in [0.4, 0.5) is 29.1 Å². The minimum atomic E-state index is -4.39. The fourth-order valence-corrected chi connectivity index (χ4v) is 2.91. The van der Waals surface area contributed by atoms with Gasteiger partial charge in [0.25, 0.3) is 0 Å². The molecule has 0 radical (unpaired) electrons. The summed E-state index contributed by atoms with van der Waals surface area (Å²) >= 11 is 0. The molecule has 0 aliphatic heterocycles. The van der Waals surface area contributed by atoms with Crippen molar-refractivity contribution in [2.24, 2.45) is 0 Å². The second-order valence-corrected chi connectivity index (χ2v) is 6.55. The molecule has 0 unspecified atom stereocenters. The molecule has 0 saturated heterocycles. The van der Waals surface area contributed by atoms with E-state index in [0.717, 1.165) is 12.1 Å². The van der Waals surface area contributed by atoms with E-state index in [0.29, 0.717) is 39.7 Å². The summed E-state index contributed by atoms with van der Waals surface area (Å²) in [7, 11) is 0. The number of hydrogen-bond donors (Lipinski definition) is 1. The highest BCUT2D eigenvalue weighted by atomic mass is 19.4. The fourth-order valence-electron chi connectivity index (χ4n) is 2.91. The quantitative estimate of drug-likeness (QED) is 0.382. The monoisotopic (exact) mass is 413 g/mol. The van der Waals surface area contributed by atoms with Crippen LogP contribution in [0, 0.1) is 12.7 Å². The second-order valence-electron chi connectivity index (χ2n) is 6.55. The first-order valence-electron chi connectivity index (χ1n) is 8.94. The van der Waals surface area contributed by atoms with Gasteiger partial charge in [0.1, 0.15) is 29.0 Å². The third-order valence-electron chi connectivity index (χ3n) is 4.31. The lowest BCUT2D eigenvalue weighted by molar-refractivity contribution is -0.137. The smallest absolute Gasteiger partial charge is 0.416 e. The third kappa shape index (κ3) is 4.32. The van der Waals surface area contributed by atoms with Gasteiger partial charge in [-0.05, 0) is 67.6 Å². The molecular weight excluding hydrogens is 398 g/mol. The Morgan fingerprint density at radius 1 is 0.833 bits per heavy atom. The maximum absolute atomic E-state index is 13.5. The molecule has 0 atom stereocenters. The molecule has 0 aliphatic carbocycles. The van der Waals surface area contributed by atoms with Crippen LogP contribution in [0.15, 0.2) is 66.7 Å². The Labute approximate surface area is 169 Å². The van der Waals surface area contributed by atoms with Crippen LogP contribution in [0.25, 0.3) is 10.9 Å². The van der Waals surface area contributed by atoms with Crippen molar-refractivity contribution >= 4 is 22.4 Å². The molecule has 0 bridgehead atoms. The Bertz CT molecular complexity index is 1180. The maximum Gasteiger partial charge on any atom is 0.416 e. The fraction of sp³-hybridized carbons (Fsp3) is 0.0909. The number of fused-ring (bicyclic) bond motifs is 1. The number of halogens is 4. The van der Waals surface area contributed by atoms with E-state index in [1.54, 1.807) is 37.3 Å². The summed E-state index contributed by atoms with van der Waals surface area (Å²) in [5, 5.41) is 3.84. The molecule has 30 heavy (non-hydrogen) atoms. The predicted octanol–water partition coefficient (Wildman–Crippen LogP) is 6.63. The summed E-state index contributed by atoms with van der Waals surface area (Å²) < 4.78 is 57.0. The van der Waals surface area contributed by atoms with Gasteiger partial charge in [-0.1, -0.05) is 0 Å². The molecule has 1 heterocycles. The van der Waals surface area contributed by atoms with E-state index in [-0.39, 0.29) is 5.82 Å². The summed E-state index contributed by atoms with van der Waals surface area (Å²) in [6, 6.07) is 15.6. The van der Waals surface area contributed by atoms with Gasteiger partial charge in [0.2, 0.25) is 0 Å². The van der Waals surface area contributed by atoms with Gasteiger partial charge < -0.3 is 10.1 Å². The van der Waals surface area contributed by atoms with E-state index in [1.807, 2.05) is 0 Å². The van der Waals surface area contributed by atoms with Crippen LogP contribution < -0.4 is 10.1 Å². The molecule has 1 N–H and O–H groups in total. The van der Waals surface area contributed by atoms with Crippen LogP contribution in [0.3, 0.4) is 0 Å². The van der Waals surface area contributed by atoms with Crippen molar-refractivity contribution in [2.45, 2.75) is 13.1 Å². The average molecular weight is 413 g/mol. The Balaban J connectivity index is 1.51. The molecule has 0 saturated carbocycles. The van der Waals surface area contributed by atoms with Crippen molar-refractivity contribution in [1.82, 2.24) is 9.97 Å². The average Bonchev–Trinajstić information content (AvgIpc) is 2.69. The first-order valence-corrected chi connectivity index (χ1v) is 8.94. The standard InChI is InChI=1S/C22H15F4N3O/c1-13-27-20-12-15(23)4-11-19(20)21(28-13)29-16-5-9-18(10-6-16)30-17-7-2-14(3-8-17)22(24,25)26/h2-12H,1H3,(H,27,28,29). The summed E-state index contributed by atoms with van der Waals surface area (Å²) in [5.41, 5.74) is 0.465. The Morgan fingerprint density at radius 3 is 2.10 bits per heavy atom. The Morgan fingerprint density at radius 2 is 1.47 bits per heavy atom. The van der Waals surface area contributed by atoms with Gasteiger partial charge in [0.15, 0.2) is 0 Å². The van der Waals surface area contributed by atoms with Gasteiger partial charge in [0.05, 0.1) is 11.1 Å². The highest BCUT2D eigenvalue weighted by Gasteiger charge is 2.30. The summed E-state index contributed by atoms with van der Waals surface area (Å²) in [5.74, 6) is 1.41. The van der Waals surface area contributed by atoms with E-state index in [9.17, 15) is 17.6 Å². The lowest BCUT2D eigenvalue weighted by atomic mass is 10.2. The first kappa shape index (κ1) is 19.6. The number of anilines is 2. The van der Waals surface area contributed by atoms with Gasteiger partial charge >= 0.3 is 6.18 Å². The van der Waals surface area contributed by atoms with Gasteiger partial charge in [-0.3, -0.25) is 0 Å². The highest BCUT2D eigenvalue weighted by Crippen LogP contribution is 2.32. The van der Waals surface area contributed by atoms with E-state index >= 15 is 0 Å². The lowest BCUT2D eigenvalue weighted by Gasteiger charge is -2.11. The molecule has 0 spiro atoms. The molecule has 4 nitrogen and oxygen atoms in total. The number of alkyl halides is 3. The van der Waals surface area contributed by atoms with E-state index in [1.165, 1.54) is 24.3 Å². The van der Waals surface area contributed by atoms with E-state index < -0.39 is 11.7 Å². The number of aromatic nitrogens is 2. The predicted molar refractivity (Wildman–Crippen MR) is 105 cm³/mol. The van der Waals surface area contributed by atoms with Crippen LogP contribution >= 0.6 is 0 Å². The van der Waals surface area contributed by atoms with Gasteiger partial charge in [-0.25, -0.2) is 14.4 Å². The molecule has 8 heteroatoms. The molecule has 152 valence electrons. The molecule has 1 aromatic heterocycles. The number of hydrogen-bond acceptors (Lipinski definition) is 4. The lowest BCUT2D eigenvalue weighted by Crippen LogP contribution is -2.04. The van der Waals surface area contributed by atoms with Crippen molar-refractivity contribution in [3.05, 3.63) is 83.9 Å². The Kier molecular flexibility index (Phi) is 4.99. The first-order chi connectivity index (χ1) is 14.3. The molecule has 0 fully saturated rings. The third-order valence-corrected chi connectivity index (χ3v) is 4.31. The van der Waals surface area contributed by atoms with E-state index in [2.05, 4.69) is 15.3 Å². The molecule has 3 aromatic carbocycles. The largest absolute Gasteiger partial charge is 0.457 e. The maximum atomic E-state index is 13.5. The minimum absolute atomic E-state index is 0.295. The van der Waals surface area contributed by atoms with Gasteiger partial charge in [-0.2, -0.15) is 13.2 Å². The van der Waals surface area contributed by atoms with Crippen molar-refractivity contribution < 1.29 is 22.3 Å². The van der Waals surface area contributed by atoms with Crippen molar-refractivity contribution in [3.8, 4) is 11.5 Å². The zero-order valence-corrected chi connectivity index (χ0v) is 15.7. The van der Waals surface area contributed by atoms with Crippen molar-refractivity contribution in [3.63, 3.8) is 0 Å². The zero-order chi connectivity index (χ0) is 21.3. The minimum Gasteiger partial charge on any atom is -0.457 e. The number of benzene rings is 3. The summed E-state index contributed by atoms with van der Waals surface area (Å²) in [6.45, 7) is 1.72. The molecule has 0 aliphatic rings. The van der Waals surface area contributed by atoms with Crippen LogP contribution in [0.1, 0.15) is 11.4 Å². The number of nitrogens with zero attached hydrogens (tertiary/aromatic N) is 2. The molecule has 4 rings (SSSR count).